The normalized spacial score (nSPS) is 20.7. The summed E-state index contributed by atoms with van der Waals surface area (Å²) >= 11 is 0. The maximum Gasteiger partial charge on any atom is 0.274 e. The minimum absolute atomic E-state index is 0.0110. The van der Waals surface area contributed by atoms with Crippen molar-refractivity contribution < 1.29 is 0 Å². The van der Waals surface area contributed by atoms with Gasteiger partial charge in [0.1, 0.15) is 0 Å². The first-order valence-corrected chi connectivity index (χ1v) is 9.38. The molecule has 4 heteroatoms. The van der Waals surface area contributed by atoms with Gasteiger partial charge in [0.2, 0.25) is 0 Å². The monoisotopic (exact) mass is 347 g/mol. The maximum atomic E-state index is 12.6. The van der Waals surface area contributed by atoms with Crippen molar-refractivity contribution in [1.82, 2.24) is 15.1 Å². The van der Waals surface area contributed by atoms with Gasteiger partial charge in [-0.1, -0.05) is 42.5 Å². The van der Waals surface area contributed by atoms with E-state index < -0.39 is 0 Å². The Kier molecular flexibility index (Phi) is 4.60. The first kappa shape index (κ1) is 17.0. The van der Waals surface area contributed by atoms with Crippen molar-refractivity contribution >= 4 is 10.8 Å². The number of hydrogen-bond acceptors (Lipinski definition) is 3. The summed E-state index contributed by atoms with van der Waals surface area (Å²) in [5.41, 5.74) is 2.85. The standard InChI is InChI=1S/C22H25N3O/c1-15-7-3-5-9-20(15)18-11-19(12-18)24-16(2)14-25-22(26)21-10-6-4-8-17(21)13-23-25/h3-10,13,16,18-19,24H,11-12,14H2,1-2H3. The van der Waals surface area contributed by atoms with Gasteiger partial charge in [-0.05, 0) is 49.8 Å². The maximum absolute atomic E-state index is 12.6. The van der Waals surface area contributed by atoms with Gasteiger partial charge in [-0.15, -0.1) is 0 Å². The minimum Gasteiger partial charge on any atom is -0.310 e. The van der Waals surface area contributed by atoms with Crippen molar-refractivity contribution in [3.05, 3.63) is 76.2 Å². The highest BCUT2D eigenvalue weighted by Crippen LogP contribution is 2.38. The zero-order valence-corrected chi connectivity index (χ0v) is 15.4. The van der Waals surface area contributed by atoms with E-state index in [0.717, 1.165) is 23.6 Å². The van der Waals surface area contributed by atoms with E-state index in [4.69, 9.17) is 0 Å². The molecule has 1 unspecified atom stereocenters. The molecular weight excluding hydrogens is 322 g/mol. The summed E-state index contributed by atoms with van der Waals surface area (Å²) in [7, 11) is 0. The van der Waals surface area contributed by atoms with E-state index in [1.807, 2.05) is 24.3 Å². The number of hydrogen-bond donors (Lipinski definition) is 1. The highest BCUT2D eigenvalue weighted by Gasteiger charge is 2.31. The summed E-state index contributed by atoms with van der Waals surface area (Å²) < 4.78 is 1.58. The Morgan fingerprint density at radius 3 is 2.69 bits per heavy atom. The molecule has 1 heterocycles. The molecule has 0 radical (unpaired) electrons. The largest absolute Gasteiger partial charge is 0.310 e. The molecule has 0 saturated heterocycles. The fraction of sp³-hybridized carbons (Fsp3) is 0.364. The van der Waals surface area contributed by atoms with Crippen LogP contribution in [0, 0.1) is 6.92 Å². The zero-order chi connectivity index (χ0) is 18.1. The van der Waals surface area contributed by atoms with Crippen molar-refractivity contribution in [2.24, 2.45) is 0 Å². The fourth-order valence-electron chi connectivity index (χ4n) is 4.02. The highest BCUT2D eigenvalue weighted by atomic mass is 16.1. The van der Waals surface area contributed by atoms with Gasteiger partial charge in [-0.2, -0.15) is 5.10 Å². The van der Waals surface area contributed by atoms with Crippen molar-refractivity contribution in [3.63, 3.8) is 0 Å². The third kappa shape index (κ3) is 3.29. The molecule has 26 heavy (non-hydrogen) atoms. The Morgan fingerprint density at radius 1 is 1.15 bits per heavy atom. The number of nitrogens with one attached hydrogen (secondary N) is 1. The molecule has 0 amide bonds. The van der Waals surface area contributed by atoms with Crippen LogP contribution >= 0.6 is 0 Å². The topological polar surface area (TPSA) is 46.9 Å². The molecule has 1 fully saturated rings. The molecule has 1 aliphatic rings. The Balaban J connectivity index is 1.37. The number of aryl methyl sites for hydroxylation is 1. The van der Waals surface area contributed by atoms with Gasteiger partial charge in [0.25, 0.3) is 5.56 Å². The molecule has 1 atom stereocenters. The van der Waals surface area contributed by atoms with E-state index in [-0.39, 0.29) is 11.6 Å². The molecule has 134 valence electrons. The molecule has 1 aliphatic carbocycles. The van der Waals surface area contributed by atoms with E-state index in [1.54, 1.807) is 10.9 Å². The van der Waals surface area contributed by atoms with Crippen LogP contribution in [0.5, 0.6) is 0 Å². The van der Waals surface area contributed by atoms with Crippen molar-refractivity contribution in [3.8, 4) is 0 Å². The quantitative estimate of drug-likeness (QED) is 0.767. The number of nitrogens with zero attached hydrogens (tertiary/aromatic N) is 2. The molecule has 1 saturated carbocycles. The Morgan fingerprint density at radius 2 is 1.88 bits per heavy atom. The smallest absolute Gasteiger partial charge is 0.274 e. The van der Waals surface area contributed by atoms with Crippen LogP contribution in [0.2, 0.25) is 0 Å². The summed E-state index contributed by atoms with van der Waals surface area (Å²) in [4.78, 5) is 12.6. The lowest BCUT2D eigenvalue weighted by molar-refractivity contribution is 0.256. The van der Waals surface area contributed by atoms with Gasteiger partial charge in [-0.25, -0.2) is 4.68 Å². The zero-order valence-electron chi connectivity index (χ0n) is 15.4. The molecule has 1 N–H and O–H groups in total. The third-order valence-electron chi connectivity index (χ3n) is 5.50. The van der Waals surface area contributed by atoms with Crippen LogP contribution in [-0.2, 0) is 6.54 Å². The second kappa shape index (κ2) is 7.04. The van der Waals surface area contributed by atoms with E-state index in [2.05, 4.69) is 48.5 Å². The molecular formula is C22H25N3O. The highest BCUT2D eigenvalue weighted by molar-refractivity contribution is 5.80. The lowest BCUT2D eigenvalue weighted by Crippen LogP contribution is -2.47. The average molecular weight is 347 g/mol. The van der Waals surface area contributed by atoms with Gasteiger partial charge >= 0.3 is 0 Å². The predicted octanol–water partition coefficient (Wildman–Crippen LogP) is 3.63. The van der Waals surface area contributed by atoms with E-state index in [9.17, 15) is 4.79 Å². The Hall–Kier alpha value is -2.46. The number of rotatable bonds is 5. The van der Waals surface area contributed by atoms with E-state index >= 15 is 0 Å². The van der Waals surface area contributed by atoms with Crippen LogP contribution in [0.1, 0.15) is 36.8 Å². The van der Waals surface area contributed by atoms with Gasteiger partial charge in [-0.3, -0.25) is 4.79 Å². The summed E-state index contributed by atoms with van der Waals surface area (Å²) in [6, 6.07) is 17.0. The second-order valence-corrected chi connectivity index (χ2v) is 7.51. The molecule has 1 aromatic heterocycles. The van der Waals surface area contributed by atoms with Crippen LogP contribution in [0.4, 0.5) is 0 Å². The third-order valence-corrected chi connectivity index (χ3v) is 5.50. The van der Waals surface area contributed by atoms with Crippen molar-refractivity contribution in [1.29, 1.82) is 0 Å². The van der Waals surface area contributed by atoms with Crippen molar-refractivity contribution in [2.45, 2.75) is 51.2 Å². The van der Waals surface area contributed by atoms with Crippen LogP contribution in [0.15, 0.2) is 59.5 Å². The van der Waals surface area contributed by atoms with Gasteiger partial charge in [0.15, 0.2) is 0 Å². The molecule has 2 aromatic carbocycles. The summed E-state index contributed by atoms with van der Waals surface area (Å²) in [6.45, 7) is 4.91. The molecule has 3 aromatic rings. The van der Waals surface area contributed by atoms with Gasteiger partial charge < -0.3 is 5.32 Å². The first-order valence-electron chi connectivity index (χ1n) is 9.38. The fourth-order valence-corrected chi connectivity index (χ4v) is 4.02. The van der Waals surface area contributed by atoms with Crippen molar-refractivity contribution in [2.75, 3.05) is 0 Å². The molecule has 0 aliphatic heterocycles. The Bertz CT molecular complexity index is 972. The SMILES string of the molecule is Cc1ccccc1C1CC(NC(C)Cn2ncc3ccccc3c2=O)C1. The van der Waals surface area contributed by atoms with Crippen LogP contribution < -0.4 is 10.9 Å². The number of aromatic nitrogens is 2. The second-order valence-electron chi connectivity index (χ2n) is 7.51. The van der Waals surface area contributed by atoms with Gasteiger partial charge in [0, 0.05) is 17.5 Å². The van der Waals surface area contributed by atoms with E-state index in [0.29, 0.717) is 18.5 Å². The number of fused-ring (bicyclic) bond motifs is 1. The summed E-state index contributed by atoms with van der Waals surface area (Å²) in [6.07, 6.45) is 4.10. The summed E-state index contributed by atoms with van der Waals surface area (Å²) in [5, 5.41) is 9.63. The lowest BCUT2D eigenvalue weighted by atomic mass is 9.74. The van der Waals surface area contributed by atoms with E-state index in [1.165, 1.54) is 11.1 Å². The first-order chi connectivity index (χ1) is 12.6. The summed E-state index contributed by atoms with van der Waals surface area (Å²) in [5.74, 6) is 0.655. The Labute approximate surface area is 153 Å². The molecule has 4 rings (SSSR count). The number of benzene rings is 2. The van der Waals surface area contributed by atoms with Gasteiger partial charge in [0.05, 0.1) is 18.1 Å². The molecule has 0 bridgehead atoms. The van der Waals surface area contributed by atoms with Crippen LogP contribution in [-0.4, -0.2) is 21.9 Å². The predicted molar refractivity (Wildman–Crippen MR) is 106 cm³/mol. The minimum atomic E-state index is -0.0110. The molecule has 4 nitrogen and oxygen atoms in total. The van der Waals surface area contributed by atoms with Crippen LogP contribution in [0.3, 0.4) is 0 Å². The molecule has 0 spiro atoms. The van der Waals surface area contributed by atoms with Crippen LogP contribution in [0.25, 0.3) is 10.8 Å². The lowest BCUT2D eigenvalue weighted by Gasteiger charge is -2.38. The average Bonchev–Trinajstić information content (AvgIpc) is 2.61.